The van der Waals surface area contributed by atoms with Gasteiger partial charge in [-0.3, -0.25) is 9.20 Å². The maximum atomic E-state index is 12.0. The first-order valence-corrected chi connectivity index (χ1v) is 7.70. The van der Waals surface area contributed by atoms with Gasteiger partial charge in [-0.05, 0) is 19.1 Å². The first-order chi connectivity index (χ1) is 10.3. The summed E-state index contributed by atoms with van der Waals surface area (Å²) in [5.74, 6) is -0.403. The van der Waals surface area contributed by atoms with E-state index in [-0.39, 0.29) is 12.3 Å². The van der Waals surface area contributed by atoms with Crippen LogP contribution in [0.25, 0.3) is 5.65 Å². The molecule has 0 amide bonds. The number of halogens is 2. The molecule has 2 heterocycles. The predicted octanol–water partition coefficient (Wildman–Crippen LogP) is 2.01. The molecule has 0 aromatic carbocycles. The van der Waals surface area contributed by atoms with Gasteiger partial charge in [-0.2, -0.15) is 0 Å². The Kier molecular flexibility index (Phi) is 3.69. The standard InChI is InChI=1S/C14H15Cl2N3O3/c1-13(9-14(13,15)16)11(20)22-8-4-7-19-12(21)18-6-3-2-5-10(18)17-19/h2-3,5-6H,4,7-9H2,1H3/t13-/m1/s1. The Morgan fingerprint density at radius 1 is 1.45 bits per heavy atom. The SMILES string of the molecule is C[C@]1(C(=O)OCCCn2nc3ccccn3c2=O)CC1(Cl)Cl. The van der Waals surface area contributed by atoms with Crippen molar-refractivity contribution < 1.29 is 9.53 Å². The molecule has 1 saturated carbocycles. The topological polar surface area (TPSA) is 65.6 Å². The van der Waals surface area contributed by atoms with E-state index in [1.165, 1.54) is 9.08 Å². The van der Waals surface area contributed by atoms with Gasteiger partial charge >= 0.3 is 11.7 Å². The summed E-state index contributed by atoms with van der Waals surface area (Å²) in [4.78, 5) is 23.9. The van der Waals surface area contributed by atoms with Crippen LogP contribution in [0.1, 0.15) is 19.8 Å². The Labute approximate surface area is 136 Å². The molecule has 0 saturated heterocycles. The summed E-state index contributed by atoms with van der Waals surface area (Å²) in [6.07, 6.45) is 2.55. The van der Waals surface area contributed by atoms with Gasteiger partial charge < -0.3 is 4.74 Å². The van der Waals surface area contributed by atoms with Gasteiger partial charge in [-0.15, -0.1) is 28.3 Å². The molecule has 0 radical (unpaired) electrons. The molecule has 0 bridgehead atoms. The van der Waals surface area contributed by atoms with Gasteiger partial charge in [-0.25, -0.2) is 9.48 Å². The minimum Gasteiger partial charge on any atom is -0.465 e. The van der Waals surface area contributed by atoms with Crippen LogP contribution in [0.15, 0.2) is 29.2 Å². The van der Waals surface area contributed by atoms with E-state index < -0.39 is 15.7 Å². The minimum atomic E-state index is -1.03. The van der Waals surface area contributed by atoms with Gasteiger partial charge in [0.1, 0.15) is 9.75 Å². The van der Waals surface area contributed by atoms with Crippen LogP contribution in [-0.4, -0.2) is 31.1 Å². The minimum absolute atomic E-state index is 0.193. The molecule has 2 aromatic heterocycles. The van der Waals surface area contributed by atoms with Crippen LogP contribution >= 0.6 is 23.2 Å². The highest BCUT2D eigenvalue weighted by Gasteiger charge is 2.69. The average Bonchev–Trinajstić information content (AvgIpc) is 2.85. The predicted molar refractivity (Wildman–Crippen MR) is 82.2 cm³/mol. The number of fused-ring (bicyclic) bond motifs is 1. The maximum absolute atomic E-state index is 12.0. The number of esters is 1. The number of carbonyl (C=O) groups is 1. The Morgan fingerprint density at radius 3 is 2.82 bits per heavy atom. The van der Waals surface area contributed by atoms with Crippen molar-refractivity contribution in [1.29, 1.82) is 0 Å². The molecule has 3 rings (SSSR count). The van der Waals surface area contributed by atoms with E-state index in [1.807, 2.05) is 6.07 Å². The molecule has 1 fully saturated rings. The molecule has 8 heteroatoms. The fourth-order valence-corrected chi connectivity index (χ4v) is 2.96. The second-order valence-corrected chi connectivity index (χ2v) is 7.12. The summed E-state index contributed by atoms with van der Waals surface area (Å²) in [6, 6.07) is 5.34. The zero-order valence-electron chi connectivity index (χ0n) is 12.0. The van der Waals surface area contributed by atoms with Crippen LogP contribution in [0.2, 0.25) is 0 Å². The number of carbonyl (C=O) groups excluding carboxylic acids is 1. The molecule has 1 aliphatic rings. The lowest BCUT2D eigenvalue weighted by Gasteiger charge is -2.11. The van der Waals surface area contributed by atoms with E-state index >= 15 is 0 Å². The Bertz CT molecular complexity index is 783. The third-order valence-corrected chi connectivity index (χ3v) is 5.05. The smallest absolute Gasteiger partial charge is 0.350 e. The monoisotopic (exact) mass is 343 g/mol. The van der Waals surface area contributed by atoms with Crippen LogP contribution in [-0.2, 0) is 16.1 Å². The lowest BCUT2D eigenvalue weighted by Crippen LogP contribution is -2.24. The number of aromatic nitrogens is 3. The van der Waals surface area contributed by atoms with Crippen molar-refractivity contribution in [2.24, 2.45) is 5.41 Å². The number of rotatable bonds is 5. The van der Waals surface area contributed by atoms with Crippen LogP contribution in [0.4, 0.5) is 0 Å². The number of nitrogens with zero attached hydrogens (tertiary/aromatic N) is 3. The molecule has 0 aliphatic heterocycles. The van der Waals surface area contributed by atoms with Crippen LogP contribution < -0.4 is 5.69 Å². The summed E-state index contributed by atoms with van der Waals surface area (Å²) in [5.41, 5.74) is -0.448. The van der Waals surface area contributed by atoms with Gasteiger partial charge in [-0.1, -0.05) is 6.07 Å². The highest BCUT2D eigenvalue weighted by Crippen LogP contribution is 2.64. The Morgan fingerprint density at radius 2 is 2.18 bits per heavy atom. The van der Waals surface area contributed by atoms with E-state index in [0.29, 0.717) is 25.0 Å². The lowest BCUT2D eigenvalue weighted by atomic mass is 10.1. The molecule has 1 atom stereocenters. The lowest BCUT2D eigenvalue weighted by molar-refractivity contribution is -0.149. The molecule has 6 nitrogen and oxygen atoms in total. The summed E-state index contributed by atoms with van der Waals surface area (Å²) in [6.45, 7) is 2.25. The van der Waals surface area contributed by atoms with Gasteiger partial charge in [0.2, 0.25) is 0 Å². The zero-order valence-corrected chi connectivity index (χ0v) is 13.5. The quantitative estimate of drug-likeness (QED) is 0.473. The second kappa shape index (κ2) is 5.28. The highest BCUT2D eigenvalue weighted by molar-refractivity contribution is 6.53. The van der Waals surface area contributed by atoms with Crippen LogP contribution in [0.5, 0.6) is 0 Å². The first-order valence-electron chi connectivity index (χ1n) is 6.94. The van der Waals surface area contributed by atoms with Crippen molar-refractivity contribution in [2.75, 3.05) is 6.61 Å². The maximum Gasteiger partial charge on any atom is 0.350 e. The van der Waals surface area contributed by atoms with Crippen molar-refractivity contribution in [3.05, 3.63) is 34.9 Å². The largest absolute Gasteiger partial charge is 0.465 e. The van der Waals surface area contributed by atoms with Gasteiger partial charge in [0.15, 0.2) is 5.65 Å². The molecule has 22 heavy (non-hydrogen) atoms. The van der Waals surface area contributed by atoms with Crippen molar-refractivity contribution in [3.63, 3.8) is 0 Å². The molecule has 1 aliphatic carbocycles. The highest BCUT2D eigenvalue weighted by atomic mass is 35.5. The van der Waals surface area contributed by atoms with E-state index in [1.54, 1.807) is 25.3 Å². The third kappa shape index (κ3) is 2.50. The fourth-order valence-electron chi connectivity index (χ4n) is 2.27. The summed E-state index contributed by atoms with van der Waals surface area (Å²) >= 11 is 11.8. The van der Waals surface area contributed by atoms with Crippen molar-refractivity contribution >= 4 is 34.8 Å². The molecule has 0 N–H and O–H groups in total. The van der Waals surface area contributed by atoms with Crippen LogP contribution in [0.3, 0.4) is 0 Å². The summed E-state index contributed by atoms with van der Waals surface area (Å²) < 4.78 is 6.98. The van der Waals surface area contributed by atoms with Crippen molar-refractivity contribution in [3.8, 4) is 0 Å². The van der Waals surface area contributed by atoms with Crippen LogP contribution in [0, 0.1) is 5.41 Å². The Balaban J connectivity index is 1.54. The van der Waals surface area contributed by atoms with E-state index in [9.17, 15) is 9.59 Å². The van der Waals surface area contributed by atoms with Crippen molar-refractivity contribution in [1.82, 2.24) is 14.2 Å². The van der Waals surface area contributed by atoms with Gasteiger partial charge in [0.05, 0.1) is 6.61 Å². The first kappa shape index (κ1) is 15.4. The average molecular weight is 344 g/mol. The number of hydrogen-bond donors (Lipinski definition) is 0. The number of alkyl halides is 2. The number of ether oxygens (including phenoxy) is 1. The number of hydrogen-bond acceptors (Lipinski definition) is 4. The third-order valence-electron chi connectivity index (χ3n) is 3.94. The van der Waals surface area contributed by atoms with E-state index in [4.69, 9.17) is 27.9 Å². The Hall–Kier alpha value is -1.53. The van der Waals surface area contributed by atoms with E-state index in [0.717, 1.165) is 0 Å². The molecule has 0 spiro atoms. The second-order valence-electron chi connectivity index (χ2n) is 5.64. The molecular formula is C14H15Cl2N3O3. The van der Waals surface area contributed by atoms with Gasteiger partial charge in [0.25, 0.3) is 0 Å². The van der Waals surface area contributed by atoms with Gasteiger partial charge in [0, 0.05) is 25.6 Å². The molecule has 118 valence electrons. The number of aryl methyl sites for hydroxylation is 1. The number of pyridine rings is 1. The summed E-state index contributed by atoms with van der Waals surface area (Å²) in [7, 11) is 0. The van der Waals surface area contributed by atoms with E-state index in [2.05, 4.69) is 5.10 Å². The molecule has 0 unspecified atom stereocenters. The normalized spacial score (nSPS) is 22.7. The molecular weight excluding hydrogens is 329 g/mol. The summed E-state index contributed by atoms with van der Waals surface area (Å²) in [5, 5.41) is 4.20. The fraction of sp³-hybridized carbons (Fsp3) is 0.500. The van der Waals surface area contributed by atoms with Crippen molar-refractivity contribution in [2.45, 2.75) is 30.6 Å². The molecule has 2 aromatic rings. The zero-order chi connectivity index (χ0) is 16.0.